The zero-order valence-corrected chi connectivity index (χ0v) is 26.0. The number of rotatable bonds is 16. The van der Waals surface area contributed by atoms with Gasteiger partial charge in [0.25, 0.3) is 0 Å². The highest BCUT2D eigenvalue weighted by molar-refractivity contribution is 5.23. The van der Waals surface area contributed by atoms with Gasteiger partial charge in [-0.2, -0.15) is 0 Å². The molecule has 0 aromatic carbocycles. The van der Waals surface area contributed by atoms with Crippen molar-refractivity contribution in [3.8, 4) is 0 Å². The summed E-state index contributed by atoms with van der Waals surface area (Å²) in [6.45, 7) is 13.2. The van der Waals surface area contributed by atoms with Gasteiger partial charge in [-0.1, -0.05) is 137 Å². The molecular formula is C39H60. The fraction of sp³-hybridized carbons (Fsp3) is 0.641. The summed E-state index contributed by atoms with van der Waals surface area (Å²) in [6, 6.07) is 0. The zero-order valence-electron chi connectivity index (χ0n) is 26.0. The minimum atomic E-state index is 0.694. The van der Waals surface area contributed by atoms with E-state index >= 15 is 0 Å². The van der Waals surface area contributed by atoms with Gasteiger partial charge in [0, 0.05) is 0 Å². The molecule has 0 amide bonds. The van der Waals surface area contributed by atoms with E-state index in [1.54, 1.807) is 5.57 Å². The molecule has 0 saturated heterocycles. The van der Waals surface area contributed by atoms with Gasteiger partial charge in [0.1, 0.15) is 0 Å². The first-order valence-corrected chi connectivity index (χ1v) is 16.7. The Hall–Kier alpha value is -1.82. The number of allylic oxidation sites excluding steroid dienone is 13. The van der Waals surface area contributed by atoms with Crippen molar-refractivity contribution in [2.24, 2.45) is 41.4 Å². The summed E-state index contributed by atoms with van der Waals surface area (Å²) < 4.78 is 0. The first-order chi connectivity index (χ1) is 19.1. The Morgan fingerprint density at radius 1 is 1.03 bits per heavy atom. The van der Waals surface area contributed by atoms with Crippen molar-refractivity contribution in [3.63, 3.8) is 0 Å². The second kappa shape index (κ2) is 17.8. The minimum Gasteiger partial charge on any atom is -0.0988 e. The fourth-order valence-electron chi connectivity index (χ4n) is 7.86. The molecule has 0 nitrogen and oxygen atoms in total. The first-order valence-electron chi connectivity index (χ1n) is 16.7. The van der Waals surface area contributed by atoms with Crippen LogP contribution in [0.5, 0.6) is 0 Å². The van der Waals surface area contributed by atoms with Crippen LogP contribution < -0.4 is 0 Å². The van der Waals surface area contributed by atoms with Gasteiger partial charge in [0.05, 0.1) is 0 Å². The predicted octanol–water partition coefficient (Wildman–Crippen LogP) is 12.1. The lowest BCUT2D eigenvalue weighted by molar-refractivity contribution is 0.196. The third-order valence-corrected chi connectivity index (χ3v) is 10.3. The van der Waals surface area contributed by atoms with Gasteiger partial charge in [-0.15, -0.1) is 0 Å². The maximum atomic E-state index is 3.94. The van der Waals surface area contributed by atoms with Gasteiger partial charge in [0.15, 0.2) is 0 Å². The van der Waals surface area contributed by atoms with Crippen LogP contribution in [0, 0.1) is 41.4 Å². The summed E-state index contributed by atoms with van der Waals surface area (Å²) in [5.41, 5.74) is 3.02. The molecule has 0 aromatic heterocycles. The highest BCUT2D eigenvalue weighted by Crippen LogP contribution is 2.40. The zero-order chi connectivity index (χ0) is 27.9. The Labute approximate surface area is 243 Å². The molecule has 0 heterocycles. The summed E-state index contributed by atoms with van der Waals surface area (Å²) in [6.07, 6.45) is 44.9. The molecule has 39 heavy (non-hydrogen) atoms. The van der Waals surface area contributed by atoms with Crippen LogP contribution in [-0.2, 0) is 0 Å². The average molecular weight is 529 g/mol. The van der Waals surface area contributed by atoms with Crippen molar-refractivity contribution in [3.05, 3.63) is 84.6 Å². The predicted molar refractivity (Wildman–Crippen MR) is 175 cm³/mol. The van der Waals surface area contributed by atoms with Gasteiger partial charge in [0.2, 0.25) is 0 Å². The van der Waals surface area contributed by atoms with E-state index < -0.39 is 0 Å². The van der Waals surface area contributed by atoms with E-state index in [9.17, 15) is 0 Å². The van der Waals surface area contributed by atoms with Crippen molar-refractivity contribution in [1.29, 1.82) is 0 Å². The second-order valence-electron chi connectivity index (χ2n) is 13.0. The monoisotopic (exact) mass is 528 g/mol. The van der Waals surface area contributed by atoms with Crippen molar-refractivity contribution in [2.45, 2.75) is 118 Å². The maximum absolute atomic E-state index is 3.94. The number of hydrogen-bond acceptors (Lipinski definition) is 0. The quantitative estimate of drug-likeness (QED) is 0.138. The summed E-state index contributed by atoms with van der Waals surface area (Å²) in [4.78, 5) is 0. The van der Waals surface area contributed by atoms with Crippen LogP contribution >= 0.6 is 0 Å². The lowest BCUT2D eigenvalue weighted by Gasteiger charge is -2.36. The van der Waals surface area contributed by atoms with Crippen molar-refractivity contribution in [2.75, 3.05) is 0 Å². The Kier molecular flexibility index (Phi) is 14.5. The van der Waals surface area contributed by atoms with Gasteiger partial charge in [-0.05, 0) is 107 Å². The standard InChI is InChI=1S/C39H60/c1-6-15-37(9-4)39(38-20-11-10-12-21-38)31(5)16-13-18-33-22-26-35(27-23-33)30-36-28-24-34(25-29-36)19-14-17-32(7-2)8-3/h6-8,10-12,15,20,22-23,26,31,34-39H,2,9,13-14,16-19,21,24-25,27-30H2,1,3-5H3/b15-6-,32-8+/t31-,34?,35?,36?,37?,38?,39?/m1/s1. The van der Waals surface area contributed by atoms with Crippen LogP contribution in [0.3, 0.4) is 0 Å². The van der Waals surface area contributed by atoms with Crippen molar-refractivity contribution >= 4 is 0 Å². The van der Waals surface area contributed by atoms with Crippen LogP contribution in [0.1, 0.15) is 118 Å². The van der Waals surface area contributed by atoms with E-state index in [1.807, 2.05) is 6.08 Å². The first kappa shape index (κ1) is 31.7. The SMILES string of the molecule is C=C/C(=C\C)CCCC1CCC(CC2C=CC(CCC[C@@H](C)C(C3C=CC=CC3)C(/C=C\C)CC)=CC2)CC1. The fourth-order valence-corrected chi connectivity index (χ4v) is 7.86. The summed E-state index contributed by atoms with van der Waals surface area (Å²) >= 11 is 0. The highest BCUT2D eigenvalue weighted by atomic mass is 14.3. The Bertz CT molecular complexity index is 879. The summed E-state index contributed by atoms with van der Waals surface area (Å²) in [7, 11) is 0. The Morgan fingerprint density at radius 2 is 1.82 bits per heavy atom. The molecule has 0 spiro atoms. The molecule has 0 aromatic rings. The molecule has 0 radical (unpaired) electrons. The Morgan fingerprint density at radius 3 is 2.44 bits per heavy atom. The molecule has 0 bridgehead atoms. The van der Waals surface area contributed by atoms with Crippen LogP contribution in [0.15, 0.2) is 84.6 Å². The third kappa shape index (κ3) is 10.6. The molecule has 0 N–H and O–H groups in total. The van der Waals surface area contributed by atoms with Crippen LogP contribution in [0.2, 0.25) is 0 Å². The van der Waals surface area contributed by atoms with E-state index in [2.05, 4.69) is 95.0 Å². The molecule has 1 fully saturated rings. The largest absolute Gasteiger partial charge is 0.0988 e. The van der Waals surface area contributed by atoms with Gasteiger partial charge in [-0.25, -0.2) is 0 Å². The molecule has 4 unspecified atom stereocenters. The molecule has 5 atom stereocenters. The summed E-state index contributed by atoms with van der Waals surface area (Å²) in [5.74, 6) is 5.60. The molecule has 216 valence electrons. The third-order valence-electron chi connectivity index (χ3n) is 10.3. The Balaban J connectivity index is 1.36. The smallest absolute Gasteiger partial charge is 0.0159 e. The normalized spacial score (nSPS) is 27.9. The van der Waals surface area contributed by atoms with Crippen LogP contribution in [-0.4, -0.2) is 0 Å². The lowest BCUT2D eigenvalue weighted by atomic mass is 9.69. The molecule has 3 aliphatic rings. The van der Waals surface area contributed by atoms with Gasteiger partial charge >= 0.3 is 0 Å². The molecule has 0 aliphatic heterocycles. The average Bonchev–Trinajstić information content (AvgIpc) is 2.97. The summed E-state index contributed by atoms with van der Waals surface area (Å²) in [5, 5.41) is 0. The van der Waals surface area contributed by atoms with E-state index in [1.165, 1.54) is 95.5 Å². The van der Waals surface area contributed by atoms with Crippen molar-refractivity contribution in [1.82, 2.24) is 0 Å². The van der Waals surface area contributed by atoms with Crippen molar-refractivity contribution < 1.29 is 0 Å². The molecule has 3 aliphatic carbocycles. The van der Waals surface area contributed by atoms with Crippen LogP contribution in [0.25, 0.3) is 0 Å². The molecular weight excluding hydrogens is 468 g/mol. The maximum Gasteiger partial charge on any atom is -0.0159 e. The van der Waals surface area contributed by atoms with Gasteiger partial charge < -0.3 is 0 Å². The second-order valence-corrected chi connectivity index (χ2v) is 13.0. The minimum absolute atomic E-state index is 0.694. The highest BCUT2D eigenvalue weighted by Gasteiger charge is 2.30. The molecule has 1 saturated carbocycles. The topological polar surface area (TPSA) is 0 Å². The van der Waals surface area contributed by atoms with E-state index in [4.69, 9.17) is 0 Å². The van der Waals surface area contributed by atoms with Crippen LogP contribution in [0.4, 0.5) is 0 Å². The lowest BCUT2D eigenvalue weighted by Crippen LogP contribution is -2.28. The van der Waals surface area contributed by atoms with Gasteiger partial charge in [-0.3, -0.25) is 0 Å². The van der Waals surface area contributed by atoms with E-state index in [0.29, 0.717) is 11.8 Å². The van der Waals surface area contributed by atoms with E-state index in [0.717, 1.165) is 29.6 Å². The number of hydrogen-bond donors (Lipinski definition) is 0. The molecule has 3 rings (SSSR count). The van der Waals surface area contributed by atoms with E-state index in [-0.39, 0.29) is 0 Å². The molecule has 0 heteroatoms.